The van der Waals surface area contributed by atoms with Crippen molar-refractivity contribution >= 4 is 23.3 Å². The minimum Gasteiger partial charge on any atom is -0.323 e. The number of carbonyl (C=O) groups excluding carboxylic acids is 2. The van der Waals surface area contributed by atoms with Gasteiger partial charge in [-0.15, -0.1) is 5.06 Å². The van der Waals surface area contributed by atoms with Crippen molar-refractivity contribution in [1.29, 1.82) is 0 Å². The van der Waals surface area contributed by atoms with E-state index in [-0.39, 0.29) is 10.9 Å². The van der Waals surface area contributed by atoms with Crippen LogP contribution >= 0.6 is 0 Å². The van der Waals surface area contributed by atoms with Crippen LogP contribution in [0.4, 0.5) is 23.4 Å². The van der Waals surface area contributed by atoms with E-state index in [1.54, 1.807) is 12.1 Å². The molecule has 0 unspecified atom stereocenters. The van der Waals surface area contributed by atoms with Crippen molar-refractivity contribution < 1.29 is 32.0 Å². The van der Waals surface area contributed by atoms with Crippen molar-refractivity contribution in [2.75, 3.05) is 5.06 Å². The summed E-state index contributed by atoms with van der Waals surface area (Å²) < 4.78 is 52.9. The molecule has 0 spiro atoms. The summed E-state index contributed by atoms with van der Waals surface area (Å²) in [7, 11) is 0. The summed E-state index contributed by atoms with van der Waals surface area (Å²) in [6, 6.07) is 11.6. The molecule has 0 N–H and O–H groups in total. The Bertz CT molecular complexity index is 1350. The van der Waals surface area contributed by atoms with Crippen LogP contribution in [-0.4, -0.2) is 37.6 Å². The Labute approximate surface area is 183 Å². The largest absolute Gasteiger partial charge is 0.493 e. The van der Waals surface area contributed by atoms with Gasteiger partial charge in [-0.2, -0.15) is 18.3 Å². The van der Waals surface area contributed by atoms with E-state index in [1.165, 1.54) is 53.3 Å². The number of rotatable bonds is 3. The number of alkyl halides is 3. The summed E-state index contributed by atoms with van der Waals surface area (Å²) in [5, 5.41) is 4.40. The van der Waals surface area contributed by atoms with Crippen LogP contribution in [0.2, 0.25) is 0 Å². The molecule has 0 saturated heterocycles. The van der Waals surface area contributed by atoms with Gasteiger partial charge in [-0.05, 0) is 48.5 Å². The number of aromatic nitrogens is 4. The molecule has 0 fully saturated rings. The minimum absolute atomic E-state index is 0.146. The molecule has 0 aliphatic heterocycles. The summed E-state index contributed by atoms with van der Waals surface area (Å²) >= 11 is 0. The van der Waals surface area contributed by atoms with E-state index in [4.69, 9.17) is 0 Å². The van der Waals surface area contributed by atoms with E-state index < -0.39 is 23.9 Å². The van der Waals surface area contributed by atoms with Crippen molar-refractivity contribution in [1.82, 2.24) is 19.6 Å². The normalized spacial score (nSPS) is 11.4. The van der Waals surface area contributed by atoms with Crippen molar-refractivity contribution in [2.24, 2.45) is 0 Å². The second-order valence-electron chi connectivity index (χ2n) is 6.70. The lowest BCUT2D eigenvalue weighted by Gasteiger charge is -2.19. The Morgan fingerprint density at radius 3 is 2.42 bits per heavy atom. The van der Waals surface area contributed by atoms with Crippen molar-refractivity contribution in [3.8, 4) is 22.5 Å². The van der Waals surface area contributed by atoms with Crippen LogP contribution in [0, 0.1) is 5.82 Å². The van der Waals surface area contributed by atoms with Crippen LogP contribution in [-0.2, 0) is 14.4 Å². The Morgan fingerprint density at radius 2 is 1.76 bits per heavy atom. The number of anilines is 1. The molecule has 3 aromatic heterocycles. The van der Waals surface area contributed by atoms with Crippen molar-refractivity contribution in [3.63, 3.8) is 0 Å². The third-order valence-electron chi connectivity index (χ3n) is 4.43. The zero-order valence-electron chi connectivity index (χ0n) is 16.7. The average molecular weight is 459 g/mol. The second kappa shape index (κ2) is 8.30. The maximum atomic E-state index is 13.4. The highest BCUT2D eigenvalue weighted by molar-refractivity contribution is 5.92. The van der Waals surface area contributed by atoms with Crippen LogP contribution in [0.3, 0.4) is 0 Å². The van der Waals surface area contributed by atoms with Gasteiger partial charge in [0.1, 0.15) is 11.5 Å². The molecule has 0 bridgehead atoms. The van der Waals surface area contributed by atoms with Gasteiger partial charge < -0.3 is 4.84 Å². The van der Waals surface area contributed by atoms with E-state index in [9.17, 15) is 27.2 Å². The molecular formula is C21H13F4N5O3. The molecule has 0 aliphatic carbocycles. The number of carbonyl (C=O) groups is 2. The number of amides is 1. The van der Waals surface area contributed by atoms with E-state index in [2.05, 4.69) is 19.9 Å². The predicted octanol–water partition coefficient (Wildman–Crippen LogP) is 3.97. The lowest BCUT2D eigenvalue weighted by atomic mass is 10.1. The topological polar surface area (TPSA) is 89.7 Å². The molecule has 0 aliphatic rings. The summed E-state index contributed by atoms with van der Waals surface area (Å²) in [4.78, 5) is 35.8. The van der Waals surface area contributed by atoms with E-state index in [0.717, 1.165) is 6.92 Å². The van der Waals surface area contributed by atoms with Gasteiger partial charge in [0.25, 0.3) is 5.91 Å². The molecule has 1 aromatic carbocycles. The average Bonchev–Trinajstić information content (AvgIpc) is 3.16. The van der Waals surface area contributed by atoms with Gasteiger partial charge in [-0.3, -0.25) is 4.79 Å². The number of imidazole rings is 1. The smallest absolute Gasteiger partial charge is 0.323 e. The fraction of sp³-hybridized carbons (Fsp3) is 0.0952. The summed E-state index contributed by atoms with van der Waals surface area (Å²) in [6.07, 6.45) is -2.59. The fourth-order valence-corrected chi connectivity index (χ4v) is 3.04. The Kier molecular flexibility index (Phi) is 5.50. The van der Waals surface area contributed by atoms with Crippen molar-refractivity contribution in [2.45, 2.75) is 13.1 Å². The van der Waals surface area contributed by atoms with Crippen LogP contribution in [0.5, 0.6) is 0 Å². The number of pyridine rings is 1. The molecular weight excluding hydrogens is 446 g/mol. The monoisotopic (exact) mass is 459 g/mol. The van der Waals surface area contributed by atoms with Crippen LogP contribution in [0.1, 0.15) is 6.92 Å². The Morgan fingerprint density at radius 1 is 1.03 bits per heavy atom. The van der Waals surface area contributed by atoms with Crippen LogP contribution in [0.15, 0.2) is 60.9 Å². The zero-order chi connectivity index (χ0) is 23.8. The lowest BCUT2D eigenvalue weighted by molar-refractivity contribution is -0.201. The number of nitrogens with zero attached hydrogens (tertiary/aromatic N) is 5. The summed E-state index contributed by atoms with van der Waals surface area (Å²) in [6.45, 7) is 0.914. The minimum atomic E-state index is -5.31. The van der Waals surface area contributed by atoms with Gasteiger partial charge in [-0.1, -0.05) is 0 Å². The quantitative estimate of drug-likeness (QED) is 0.340. The summed E-state index contributed by atoms with van der Waals surface area (Å²) in [5.74, 6) is -4.40. The first kappa shape index (κ1) is 21.9. The molecule has 0 atom stereocenters. The molecule has 33 heavy (non-hydrogen) atoms. The van der Waals surface area contributed by atoms with E-state index >= 15 is 0 Å². The maximum absolute atomic E-state index is 13.4. The predicted molar refractivity (Wildman–Crippen MR) is 107 cm³/mol. The molecule has 0 saturated carbocycles. The zero-order valence-corrected chi connectivity index (χ0v) is 16.7. The maximum Gasteiger partial charge on any atom is 0.493 e. The SMILES string of the molecule is CC(=O)N(OC(=O)C(F)(F)F)c1cc(-c2c(-c3ccc(F)cc3)nc3cccnn23)ccn1. The fourth-order valence-electron chi connectivity index (χ4n) is 3.04. The number of hydrogen-bond acceptors (Lipinski definition) is 6. The van der Waals surface area contributed by atoms with Crippen molar-refractivity contribution in [3.05, 3.63) is 66.7 Å². The standard InChI is InChI=1S/C21H13F4N5O3/c1-12(31)30(33-20(32)21(23,24)25)17-11-14(8-10-26-17)19-18(13-4-6-15(22)7-5-13)28-16-3-2-9-27-29(16)19/h2-11H,1H3. The van der Waals surface area contributed by atoms with Crippen LogP contribution < -0.4 is 5.06 Å². The molecule has 12 heteroatoms. The molecule has 0 radical (unpaired) electrons. The highest BCUT2D eigenvalue weighted by atomic mass is 19.4. The number of halogens is 4. The second-order valence-corrected chi connectivity index (χ2v) is 6.70. The number of hydrogen-bond donors (Lipinski definition) is 0. The van der Waals surface area contributed by atoms with E-state index in [0.29, 0.717) is 28.2 Å². The Balaban J connectivity index is 1.85. The van der Waals surface area contributed by atoms with E-state index in [1.807, 2.05) is 0 Å². The third kappa shape index (κ3) is 4.35. The number of benzene rings is 1. The molecule has 4 aromatic rings. The molecule has 168 valence electrons. The third-order valence-corrected chi connectivity index (χ3v) is 4.43. The highest BCUT2D eigenvalue weighted by Gasteiger charge is 2.43. The molecule has 4 rings (SSSR count). The number of fused-ring (bicyclic) bond motifs is 1. The highest BCUT2D eigenvalue weighted by Crippen LogP contribution is 2.33. The lowest BCUT2D eigenvalue weighted by Crippen LogP contribution is -2.38. The molecule has 1 amide bonds. The summed E-state index contributed by atoms with van der Waals surface area (Å²) in [5.41, 5.74) is 2.12. The van der Waals surface area contributed by atoms with Crippen LogP contribution in [0.25, 0.3) is 28.2 Å². The van der Waals surface area contributed by atoms with Gasteiger partial charge in [-0.25, -0.2) is 23.7 Å². The molecule has 3 heterocycles. The van der Waals surface area contributed by atoms with Gasteiger partial charge in [0, 0.05) is 30.4 Å². The van der Waals surface area contributed by atoms with Gasteiger partial charge >= 0.3 is 12.1 Å². The van der Waals surface area contributed by atoms with Gasteiger partial charge in [0.2, 0.25) is 0 Å². The molecule has 8 nitrogen and oxygen atoms in total. The Hall–Kier alpha value is -4.35. The first-order valence-electron chi connectivity index (χ1n) is 9.31. The number of hydroxylamine groups is 1. The first-order chi connectivity index (χ1) is 15.6. The van der Waals surface area contributed by atoms with Gasteiger partial charge in [0.05, 0.1) is 5.69 Å². The van der Waals surface area contributed by atoms with Gasteiger partial charge in [0.15, 0.2) is 11.5 Å². The first-order valence-corrected chi connectivity index (χ1v) is 9.31.